The fourth-order valence-corrected chi connectivity index (χ4v) is 2.97. The van der Waals surface area contributed by atoms with Gasteiger partial charge in [0.15, 0.2) is 9.84 Å². The van der Waals surface area contributed by atoms with Crippen LogP contribution in [0.25, 0.3) is 0 Å². The van der Waals surface area contributed by atoms with Crippen molar-refractivity contribution < 1.29 is 8.42 Å². The minimum Gasteiger partial charge on any atom is -0.319 e. The summed E-state index contributed by atoms with van der Waals surface area (Å²) in [7, 11) is -1.63. The first-order valence-electron chi connectivity index (χ1n) is 5.80. The van der Waals surface area contributed by atoms with E-state index >= 15 is 0 Å². The van der Waals surface area contributed by atoms with Crippen molar-refractivity contribution in [1.82, 2.24) is 14.3 Å². The van der Waals surface area contributed by atoms with Crippen molar-refractivity contribution in [3.05, 3.63) is 52.7 Å². The van der Waals surface area contributed by atoms with Crippen LogP contribution in [0.2, 0.25) is 0 Å². The number of aryl methyl sites for hydroxylation is 2. The summed E-state index contributed by atoms with van der Waals surface area (Å²) in [5, 5.41) is 3.95. The van der Waals surface area contributed by atoms with Crippen LogP contribution in [-0.4, -0.2) is 28.5 Å². The SMILES string of the molecule is Cn1ccc(CS(=O)(=O)CCn2cccn2)cc1=O. The predicted octanol–water partition coefficient (Wildman–Crippen LogP) is 0.197. The van der Waals surface area contributed by atoms with E-state index in [-0.39, 0.29) is 17.1 Å². The van der Waals surface area contributed by atoms with Gasteiger partial charge in [-0.3, -0.25) is 9.48 Å². The van der Waals surface area contributed by atoms with Crippen molar-refractivity contribution in [2.45, 2.75) is 12.3 Å². The normalized spacial score (nSPS) is 11.6. The largest absolute Gasteiger partial charge is 0.319 e. The molecular weight excluding hydrogens is 266 g/mol. The van der Waals surface area contributed by atoms with Crippen LogP contribution in [0, 0.1) is 0 Å². The molecule has 19 heavy (non-hydrogen) atoms. The minimum atomic E-state index is -3.25. The van der Waals surface area contributed by atoms with E-state index in [1.807, 2.05) is 0 Å². The molecule has 0 aromatic carbocycles. The molecule has 0 aliphatic carbocycles. The fraction of sp³-hybridized carbons (Fsp3) is 0.333. The van der Waals surface area contributed by atoms with Crippen molar-refractivity contribution in [2.75, 3.05) is 5.75 Å². The zero-order chi connectivity index (χ0) is 13.9. The molecule has 0 saturated carbocycles. The lowest BCUT2D eigenvalue weighted by atomic mass is 10.3. The van der Waals surface area contributed by atoms with Crippen LogP contribution in [0.1, 0.15) is 5.56 Å². The lowest BCUT2D eigenvalue weighted by Gasteiger charge is -2.05. The van der Waals surface area contributed by atoms with Crippen LogP contribution in [-0.2, 0) is 29.2 Å². The average Bonchev–Trinajstić information content (AvgIpc) is 2.84. The Morgan fingerprint density at radius 1 is 1.32 bits per heavy atom. The first-order valence-corrected chi connectivity index (χ1v) is 7.62. The summed E-state index contributed by atoms with van der Waals surface area (Å²) in [5.41, 5.74) is 0.309. The highest BCUT2D eigenvalue weighted by Crippen LogP contribution is 2.04. The molecule has 0 spiro atoms. The molecule has 0 aliphatic rings. The second kappa shape index (κ2) is 5.40. The van der Waals surface area contributed by atoms with Crippen LogP contribution >= 0.6 is 0 Å². The molecule has 6 nitrogen and oxygen atoms in total. The van der Waals surface area contributed by atoms with Gasteiger partial charge in [-0.05, 0) is 17.7 Å². The summed E-state index contributed by atoms with van der Waals surface area (Å²) >= 11 is 0. The third-order valence-corrected chi connectivity index (χ3v) is 4.32. The van der Waals surface area contributed by atoms with Gasteiger partial charge in [-0.2, -0.15) is 5.10 Å². The van der Waals surface area contributed by atoms with E-state index in [2.05, 4.69) is 5.10 Å². The second-order valence-electron chi connectivity index (χ2n) is 4.35. The topological polar surface area (TPSA) is 74.0 Å². The highest BCUT2D eigenvalue weighted by atomic mass is 32.2. The first kappa shape index (κ1) is 13.5. The molecule has 2 heterocycles. The van der Waals surface area contributed by atoms with E-state index in [1.165, 1.54) is 10.6 Å². The van der Waals surface area contributed by atoms with E-state index < -0.39 is 9.84 Å². The van der Waals surface area contributed by atoms with Crippen LogP contribution < -0.4 is 5.56 Å². The Balaban J connectivity index is 2.04. The molecule has 2 aromatic heterocycles. The Hall–Kier alpha value is -1.89. The van der Waals surface area contributed by atoms with Crippen molar-refractivity contribution in [2.24, 2.45) is 7.05 Å². The Bertz CT molecular complexity index is 702. The van der Waals surface area contributed by atoms with E-state index in [9.17, 15) is 13.2 Å². The van der Waals surface area contributed by atoms with Gasteiger partial charge in [-0.25, -0.2) is 8.42 Å². The number of hydrogen-bond acceptors (Lipinski definition) is 4. The van der Waals surface area contributed by atoms with Crippen LogP contribution in [0.4, 0.5) is 0 Å². The molecule has 0 amide bonds. The van der Waals surface area contributed by atoms with Gasteiger partial charge in [0.2, 0.25) is 0 Å². The lowest BCUT2D eigenvalue weighted by molar-refractivity contribution is 0.580. The quantitative estimate of drug-likeness (QED) is 0.784. The molecule has 0 unspecified atom stereocenters. The number of hydrogen-bond donors (Lipinski definition) is 0. The fourth-order valence-electron chi connectivity index (χ4n) is 1.67. The van der Waals surface area contributed by atoms with Gasteiger partial charge in [0.25, 0.3) is 5.56 Å². The summed E-state index contributed by atoms with van der Waals surface area (Å²) in [6, 6.07) is 4.74. The summed E-state index contributed by atoms with van der Waals surface area (Å²) in [6.07, 6.45) is 4.89. The molecule has 7 heteroatoms. The van der Waals surface area contributed by atoms with Gasteiger partial charge in [0, 0.05) is 31.7 Å². The molecule has 0 atom stereocenters. The maximum Gasteiger partial charge on any atom is 0.250 e. The molecular formula is C12H15N3O3S. The number of sulfone groups is 1. The molecule has 0 radical (unpaired) electrons. The third-order valence-electron chi connectivity index (χ3n) is 2.75. The lowest BCUT2D eigenvalue weighted by Crippen LogP contribution is -2.19. The maximum absolute atomic E-state index is 11.9. The summed E-state index contributed by atoms with van der Waals surface area (Å²) in [6.45, 7) is 0.320. The van der Waals surface area contributed by atoms with Gasteiger partial charge in [-0.1, -0.05) is 0 Å². The number of aromatic nitrogens is 3. The molecule has 2 aromatic rings. The van der Waals surface area contributed by atoms with Gasteiger partial charge in [0.05, 0.1) is 18.1 Å². The number of nitrogens with zero attached hydrogens (tertiary/aromatic N) is 3. The van der Waals surface area contributed by atoms with Crippen LogP contribution in [0.15, 0.2) is 41.6 Å². The highest BCUT2D eigenvalue weighted by Gasteiger charge is 2.12. The molecule has 2 rings (SSSR count). The minimum absolute atomic E-state index is 0.00386. The van der Waals surface area contributed by atoms with Gasteiger partial charge in [-0.15, -0.1) is 0 Å². The Morgan fingerprint density at radius 3 is 2.74 bits per heavy atom. The standard InChI is InChI=1S/C12H15N3O3S/c1-14-6-3-11(9-12(14)16)10-19(17,18)8-7-15-5-2-4-13-15/h2-6,9H,7-8,10H2,1H3. The number of rotatable bonds is 5. The molecule has 0 saturated heterocycles. The van der Waals surface area contributed by atoms with Crippen molar-refractivity contribution >= 4 is 9.84 Å². The average molecular weight is 281 g/mol. The zero-order valence-electron chi connectivity index (χ0n) is 10.6. The molecule has 0 N–H and O–H groups in total. The van der Waals surface area contributed by atoms with E-state index in [0.717, 1.165) is 0 Å². The summed E-state index contributed by atoms with van der Waals surface area (Å²) < 4.78 is 26.9. The maximum atomic E-state index is 11.9. The summed E-state index contributed by atoms with van der Waals surface area (Å²) in [5.74, 6) is -0.117. The zero-order valence-corrected chi connectivity index (χ0v) is 11.4. The van der Waals surface area contributed by atoms with Crippen LogP contribution in [0.5, 0.6) is 0 Å². The highest BCUT2D eigenvalue weighted by molar-refractivity contribution is 7.90. The van der Waals surface area contributed by atoms with Gasteiger partial charge in [0.1, 0.15) is 0 Å². The van der Waals surface area contributed by atoms with Crippen LogP contribution in [0.3, 0.4) is 0 Å². The van der Waals surface area contributed by atoms with Gasteiger partial charge < -0.3 is 4.57 Å². The van der Waals surface area contributed by atoms with Crippen molar-refractivity contribution in [3.8, 4) is 0 Å². The van der Waals surface area contributed by atoms with Gasteiger partial charge >= 0.3 is 0 Å². The Kier molecular flexibility index (Phi) is 3.84. The predicted molar refractivity (Wildman–Crippen MR) is 71.4 cm³/mol. The van der Waals surface area contributed by atoms with Crippen molar-refractivity contribution in [3.63, 3.8) is 0 Å². The van der Waals surface area contributed by atoms with E-state index in [4.69, 9.17) is 0 Å². The third kappa shape index (κ3) is 3.78. The van der Waals surface area contributed by atoms with E-state index in [1.54, 1.807) is 42.5 Å². The summed E-state index contributed by atoms with van der Waals surface area (Å²) in [4.78, 5) is 11.4. The van der Waals surface area contributed by atoms with Crippen molar-refractivity contribution in [1.29, 1.82) is 0 Å². The Labute approximate surface area is 111 Å². The first-order chi connectivity index (χ1) is 8.96. The monoisotopic (exact) mass is 281 g/mol. The molecule has 102 valence electrons. The Morgan fingerprint density at radius 2 is 2.11 bits per heavy atom. The number of pyridine rings is 1. The van der Waals surface area contributed by atoms with E-state index in [0.29, 0.717) is 12.1 Å². The smallest absolute Gasteiger partial charge is 0.250 e. The molecule has 0 fully saturated rings. The molecule has 0 aliphatic heterocycles. The molecule has 0 bridgehead atoms. The second-order valence-corrected chi connectivity index (χ2v) is 6.53.